The normalized spacial score (nSPS) is 9.30. The molecule has 1 aromatic heterocycles. The van der Waals surface area contributed by atoms with Crippen LogP contribution in [-0.4, -0.2) is 5.78 Å². The average Bonchev–Trinajstić information content (AvgIpc) is 2.34. The summed E-state index contributed by atoms with van der Waals surface area (Å²) in [5, 5.41) is 0.421. The number of ketones is 1. The van der Waals surface area contributed by atoms with Gasteiger partial charge in [-0.3, -0.25) is 4.79 Å². The summed E-state index contributed by atoms with van der Waals surface area (Å²) >= 11 is 5.48. The van der Waals surface area contributed by atoms with Crippen molar-refractivity contribution in [3.63, 3.8) is 0 Å². The molecule has 0 atom stereocenters. The molecule has 2 nitrogen and oxygen atoms in total. The van der Waals surface area contributed by atoms with Crippen molar-refractivity contribution >= 4 is 17.4 Å². The van der Waals surface area contributed by atoms with E-state index in [1.807, 2.05) is 0 Å². The van der Waals surface area contributed by atoms with Gasteiger partial charge in [0.2, 0.25) is 5.78 Å². The van der Waals surface area contributed by atoms with Crippen LogP contribution in [0.3, 0.4) is 0 Å². The molecule has 0 unspecified atom stereocenters. The number of hydrogen-bond acceptors (Lipinski definition) is 2. The van der Waals surface area contributed by atoms with E-state index in [0.717, 1.165) is 0 Å². The Morgan fingerprint density at radius 3 is 2.90 bits per heavy atom. The number of halogens is 1. The van der Waals surface area contributed by atoms with Crippen molar-refractivity contribution in [3.05, 3.63) is 35.8 Å². The van der Waals surface area contributed by atoms with Crippen molar-refractivity contribution in [2.45, 2.75) is 0 Å². The molecule has 0 bridgehead atoms. The second kappa shape index (κ2) is 2.71. The fraction of sp³-hybridized carbons (Fsp3) is 0. The maximum atomic E-state index is 10.8. The van der Waals surface area contributed by atoms with E-state index in [-0.39, 0.29) is 11.5 Å². The zero-order valence-corrected chi connectivity index (χ0v) is 5.89. The van der Waals surface area contributed by atoms with Gasteiger partial charge in [0.05, 0.1) is 5.02 Å². The highest BCUT2D eigenvalue weighted by molar-refractivity contribution is 6.30. The highest BCUT2D eigenvalue weighted by atomic mass is 35.5. The molecule has 0 saturated heterocycles. The van der Waals surface area contributed by atoms with Crippen LogP contribution in [0.5, 0.6) is 0 Å². The molecule has 0 fully saturated rings. The van der Waals surface area contributed by atoms with E-state index in [9.17, 15) is 4.79 Å². The standard InChI is InChI=1S/C7H5ClO2/c1-2-6(9)7-3-5(8)4-10-7/h2-4H,1H2. The summed E-state index contributed by atoms with van der Waals surface area (Å²) in [4.78, 5) is 10.8. The van der Waals surface area contributed by atoms with Crippen LogP contribution < -0.4 is 0 Å². The minimum absolute atomic E-state index is 0.222. The van der Waals surface area contributed by atoms with Gasteiger partial charge in [-0.05, 0) is 6.08 Å². The molecule has 0 aliphatic carbocycles. The van der Waals surface area contributed by atoms with E-state index in [1.54, 1.807) is 0 Å². The third-order valence-electron chi connectivity index (χ3n) is 0.996. The lowest BCUT2D eigenvalue weighted by Gasteiger charge is -1.82. The van der Waals surface area contributed by atoms with Gasteiger partial charge in [0.1, 0.15) is 6.26 Å². The predicted octanol–water partition coefficient (Wildman–Crippen LogP) is 2.30. The fourth-order valence-corrected chi connectivity index (χ4v) is 0.686. The summed E-state index contributed by atoms with van der Waals surface area (Å²) in [6.07, 6.45) is 2.48. The molecule has 0 radical (unpaired) electrons. The van der Waals surface area contributed by atoms with Crippen LogP contribution in [-0.2, 0) is 0 Å². The molecule has 0 saturated carbocycles. The lowest BCUT2D eigenvalue weighted by molar-refractivity contribution is 0.102. The number of rotatable bonds is 2. The summed E-state index contributed by atoms with van der Waals surface area (Å²) in [6, 6.07) is 1.45. The van der Waals surface area contributed by atoms with Crippen molar-refractivity contribution in [2.75, 3.05) is 0 Å². The predicted molar refractivity (Wildman–Crippen MR) is 38.2 cm³/mol. The summed E-state index contributed by atoms with van der Waals surface area (Å²) in [5.41, 5.74) is 0. The molecule has 0 spiro atoms. The van der Waals surface area contributed by atoms with Crippen molar-refractivity contribution in [3.8, 4) is 0 Å². The van der Waals surface area contributed by atoms with E-state index in [4.69, 9.17) is 16.0 Å². The third-order valence-corrected chi connectivity index (χ3v) is 1.19. The minimum atomic E-state index is -0.257. The number of carbonyl (C=O) groups excluding carboxylic acids is 1. The Morgan fingerprint density at radius 2 is 2.50 bits per heavy atom. The zero-order chi connectivity index (χ0) is 7.56. The fourth-order valence-electron chi connectivity index (χ4n) is 0.543. The molecule has 1 heterocycles. The molecule has 0 aliphatic heterocycles. The van der Waals surface area contributed by atoms with Crippen molar-refractivity contribution < 1.29 is 9.21 Å². The van der Waals surface area contributed by atoms with Crippen LogP contribution in [0, 0.1) is 0 Å². The highest BCUT2D eigenvalue weighted by Gasteiger charge is 2.04. The Labute approximate surface area is 63.1 Å². The highest BCUT2D eigenvalue weighted by Crippen LogP contribution is 2.13. The van der Waals surface area contributed by atoms with Gasteiger partial charge >= 0.3 is 0 Å². The Morgan fingerprint density at radius 1 is 1.80 bits per heavy atom. The van der Waals surface area contributed by atoms with Gasteiger partial charge in [0, 0.05) is 6.07 Å². The topological polar surface area (TPSA) is 30.2 Å². The second-order valence-corrected chi connectivity index (χ2v) is 2.13. The SMILES string of the molecule is C=CC(=O)c1cc(Cl)co1. The van der Waals surface area contributed by atoms with Gasteiger partial charge in [0.25, 0.3) is 0 Å². The maximum absolute atomic E-state index is 10.8. The Balaban J connectivity index is 2.95. The summed E-state index contributed by atoms with van der Waals surface area (Å²) in [6.45, 7) is 3.29. The monoisotopic (exact) mass is 156 g/mol. The van der Waals surface area contributed by atoms with E-state index in [2.05, 4.69) is 6.58 Å². The van der Waals surface area contributed by atoms with Gasteiger partial charge in [-0.25, -0.2) is 0 Å². The number of allylic oxidation sites excluding steroid dienone is 1. The molecule has 1 rings (SSSR count). The molecule has 10 heavy (non-hydrogen) atoms. The third kappa shape index (κ3) is 1.28. The number of carbonyl (C=O) groups is 1. The van der Waals surface area contributed by atoms with Gasteiger partial charge < -0.3 is 4.42 Å². The molecular formula is C7H5ClO2. The summed E-state index contributed by atoms with van der Waals surface area (Å²) in [5.74, 6) is -0.0353. The first kappa shape index (κ1) is 7.09. The van der Waals surface area contributed by atoms with Crippen LogP contribution in [0.2, 0.25) is 5.02 Å². The molecule has 0 N–H and O–H groups in total. The Hall–Kier alpha value is -1.02. The molecular weight excluding hydrogens is 152 g/mol. The molecule has 1 aromatic rings. The van der Waals surface area contributed by atoms with Gasteiger partial charge in [-0.1, -0.05) is 18.2 Å². The second-order valence-electron chi connectivity index (χ2n) is 1.70. The molecule has 3 heteroatoms. The van der Waals surface area contributed by atoms with Crippen molar-refractivity contribution in [1.29, 1.82) is 0 Å². The smallest absolute Gasteiger partial charge is 0.220 e. The first-order valence-corrected chi connectivity index (χ1v) is 3.02. The Bertz CT molecular complexity index is 262. The van der Waals surface area contributed by atoms with Gasteiger partial charge in [-0.2, -0.15) is 0 Å². The van der Waals surface area contributed by atoms with E-state index in [0.29, 0.717) is 5.02 Å². The number of hydrogen-bond donors (Lipinski definition) is 0. The van der Waals surface area contributed by atoms with Gasteiger partial charge in [0.15, 0.2) is 5.76 Å². The van der Waals surface area contributed by atoms with Gasteiger partial charge in [-0.15, -0.1) is 0 Å². The maximum Gasteiger partial charge on any atom is 0.220 e. The minimum Gasteiger partial charge on any atom is -0.459 e. The Kier molecular flexibility index (Phi) is 1.92. The number of furan rings is 1. The molecule has 52 valence electrons. The van der Waals surface area contributed by atoms with E-state index in [1.165, 1.54) is 18.4 Å². The lowest BCUT2D eigenvalue weighted by Crippen LogP contribution is -1.88. The van der Waals surface area contributed by atoms with E-state index < -0.39 is 0 Å². The van der Waals surface area contributed by atoms with Crippen LogP contribution in [0.4, 0.5) is 0 Å². The molecule has 0 amide bonds. The van der Waals surface area contributed by atoms with Crippen molar-refractivity contribution in [2.24, 2.45) is 0 Å². The quantitative estimate of drug-likeness (QED) is 0.486. The molecule has 0 aliphatic rings. The molecule has 0 aromatic carbocycles. The summed E-state index contributed by atoms with van der Waals surface area (Å²) in [7, 11) is 0. The first-order chi connectivity index (χ1) is 4.74. The van der Waals surface area contributed by atoms with Crippen molar-refractivity contribution in [1.82, 2.24) is 0 Å². The summed E-state index contributed by atoms with van der Waals surface area (Å²) < 4.78 is 4.76. The largest absolute Gasteiger partial charge is 0.459 e. The van der Waals surface area contributed by atoms with Crippen LogP contribution >= 0.6 is 11.6 Å². The first-order valence-electron chi connectivity index (χ1n) is 2.65. The van der Waals surface area contributed by atoms with Crippen LogP contribution in [0.25, 0.3) is 0 Å². The zero-order valence-electron chi connectivity index (χ0n) is 5.13. The van der Waals surface area contributed by atoms with E-state index >= 15 is 0 Å². The van der Waals surface area contributed by atoms with Crippen LogP contribution in [0.15, 0.2) is 29.4 Å². The lowest BCUT2D eigenvalue weighted by atomic mass is 10.3. The average molecular weight is 157 g/mol. The van der Waals surface area contributed by atoms with Crippen LogP contribution in [0.1, 0.15) is 10.6 Å².